The van der Waals surface area contributed by atoms with Crippen LogP contribution in [0.1, 0.15) is 9.67 Å². The van der Waals surface area contributed by atoms with Crippen LogP contribution in [0.2, 0.25) is 0 Å². The average molecular weight is 297 g/mol. The van der Waals surface area contributed by atoms with Gasteiger partial charge in [0.15, 0.2) is 0 Å². The normalized spacial score (nSPS) is 15.9. The highest BCUT2D eigenvalue weighted by molar-refractivity contribution is 7.12. The van der Waals surface area contributed by atoms with Crippen molar-refractivity contribution in [2.45, 2.75) is 0 Å². The summed E-state index contributed by atoms with van der Waals surface area (Å²) in [6.07, 6.45) is -0.406. The summed E-state index contributed by atoms with van der Waals surface area (Å²) in [7, 11) is 1.35. The molecule has 2 heterocycles. The number of methoxy groups -OCH3 is 1. The Morgan fingerprint density at radius 3 is 2.70 bits per heavy atom. The summed E-state index contributed by atoms with van der Waals surface area (Å²) >= 11 is 1.48. The van der Waals surface area contributed by atoms with Crippen molar-refractivity contribution in [2.24, 2.45) is 0 Å². The van der Waals surface area contributed by atoms with Crippen LogP contribution in [0.4, 0.5) is 4.79 Å². The Morgan fingerprint density at radius 2 is 2.10 bits per heavy atom. The molecule has 1 aromatic heterocycles. The van der Waals surface area contributed by atoms with Crippen LogP contribution in [0, 0.1) is 0 Å². The molecular formula is C13H19N3O3S. The predicted molar refractivity (Wildman–Crippen MR) is 77.1 cm³/mol. The van der Waals surface area contributed by atoms with Gasteiger partial charge in [-0.1, -0.05) is 6.07 Å². The molecule has 0 aromatic carbocycles. The summed E-state index contributed by atoms with van der Waals surface area (Å²) in [5.74, 6) is 0.118. The van der Waals surface area contributed by atoms with Crippen molar-refractivity contribution in [1.82, 2.24) is 15.1 Å². The van der Waals surface area contributed by atoms with Gasteiger partial charge in [0.05, 0.1) is 12.0 Å². The molecule has 0 bridgehead atoms. The van der Waals surface area contributed by atoms with E-state index in [0.29, 0.717) is 6.54 Å². The van der Waals surface area contributed by atoms with E-state index in [9.17, 15) is 9.59 Å². The van der Waals surface area contributed by atoms with E-state index in [1.54, 1.807) is 0 Å². The van der Waals surface area contributed by atoms with Crippen LogP contribution in [0.25, 0.3) is 0 Å². The van der Waals surface area contributed by atoms with Crippen LogP contribution in [-0.2, 0) is 4.74 Å². The molecule has 0 spiro atoms. The molecule has 6 nitrogen and oxygen atoms in total. The maximum absolute atomic E-state index is 12.2. The van der Waals surface area contributed by atoms with E-state index in [1.807, 2.05) is 22.4 Å². The number of thiophene rings is 1. The molecule has 0 unspecified atom stereocenters. The summed E-state index contributed by atoms with van der Waals surface area (Å²) in [6, 6.07) is 3.76. The Morgan fingerprint density at radius 1 is 1.35 bits per heavy atom. The lowest BCUT2D eigenvalue weighted by Gasteiger charge is -2.34. The van der Waals surface area contributed by atoms with Gasteiger partial charge in [-0.25, -0.2) is 4.79 Å². The first-order chi connectivity index (χ1) is 9.70. The number of carbonyl (C=O) groups is 2. The molecule has 7 heteroatoms. The van der Waals surface area contributed by atoms with Crippen LogP contribution in [-0.4, -0.2) is 68.2 Å². The maximum atomic E-state index is 12.2. The van der Waals surface area contributed by atoms with Crippen LogP contribution in [0.5, 0.6) is 0 Å². The molecule has 1 aromatic rings. The van der Waals surface area contributed by atoms with Crippen molar-refractivity contribution >= 4 is 23.3 Å². The first-order valence-electron chi connectivity index (χ1n) is 6.57. The number of hydrogen-bond donors (Lipinski definition) is 1. The zero-order valence-corrected chi connectivity index (χ0v) is 12.3. The first kappa shape index (κ1) is 14.8. The second kappa shape index (κ2) is 7.25. The van der Waals surface area contributed by atoms with Gasteiger partial charge in [-0.05, 0) is 11.4 Å². The molecule has 1 N–H and O–H groups in total. The molecule has 0 aliphatic carbocycles. The van der Waals surface area contributed by atoms with Gasteiger partial charge in [-0.3, -0.25) is 9.69 Å². The van der Waals surface area contributed by atoms with Crippen molar-refractivity contribution in [2.75, 3.05) is 46.4 Å². The molecule has 0 radical (unpaired) electrons. The summed E-state index contributed by atoms with van der Waals surface area (Å²) in [5.41, 5.74) is 0. The zero-order chi connectivity index (χ0) is 14.4. The predicted octanol–water partition coefficient (Wildman–Crippen LogP) is 0.862. The smallest absolute Gasteiger partial charge is 0.406 e. The quantitative estimate of drug-likeness (QED) is 0.895. The highest BCUT2D eigenvalue weighted by Crippen LogP contribution is 2.13. The standard InChI is InChI=1S/C13H19N3O3S/c1-19-13(18)14-4-5-15-6-8-16(9-7-15)12(17)11-3-2-10-20-11/h2-3,10H,4-9H2,1H3,(H,14,18). The second-order valence-electron chi connectivity index (χ2n) is 4.53. The van der Waals surface area contributed by atoms with Crippen LogP contribution in [0.15, 0.2) is 17.5 Å². The van der Waals surface area contributed by atoms with Gasteiger partial charge in [0, 0.05) is 39.3 Å². The molecule has 110 valence electrons. The Kier molecular flexibility index (Phi) is 5.37. The molecule has 0 saturated carbocycles. The number of hydrogen-bond acceptors (Lipinski definition) is 5. The van der Waals surface area contributed by atoms with Crippen LogP contribution >= 0.6 is 11.3 Å². The van der Waals surface area contributed by atoms with Gasteiger partial charge in [0.1, 0.15) is 0 Å². The molecule has 2 rings (SSSR count). The van der Waals surface area contributed by atoms with Crippen molar-refractivity contribution < 1.29 is 14.3 Å². The summed E-state index contributed by atoms with van der Waals surface area (Å²) in [5, 5.41) is 4.57. The number of rotatable bonds is 4. The molecular weight excluding hydrogens is 278 g/mol. The number of nitrogens with one attached hydrogen (secondary N) is 1. The third kappa shape index (κ3) is 3.94. The Balaban J connectivity index is 1.70. The van der Waals surface area contributed by atoms with Gasteiger partial charge in [0.25, 0.3) is 5.91 Å². The highest BCUT2D eigenvalue weighted by atomic mass is 32.1. The SMILES string of the molecule is COC(=O)NCCN1CCN(C(=O)c2cccs2)CC1. The van der Waals surface area contributed by atoms with E-state index in [0.717, 1.165) is 37.6 Å². The van der Waals surface area contributed by atoms with Gasteiger partial charge in [-0.2, -0.15) is 0 Å². The number of carbonyl (C=O) groups excluding carboxylic acids is 2. The number of ether oxygens (including phenoxy) is 1. The van der Waals surface area contributed by atoms with Crippen LogP contribution in [0.3, 0.4) is 0 Å². The summed E-state index contributed by atoms with van der Waals surface area (Å²) in [6.45, 7) is 4.46. The Labute approximate surface area is 122 Å². The Bertz CT molecular complexity index is 442. The van der Waals surface area contributed by atoms with Crippen molar-refractivity contribution in [3.8, 4) is 0 Å². The van der Waals surface area contributed by atoms with Crippen molar-refractivity contribution in [3.63, 3.8) is 0 Å². The lowest BCUT2D eigenvalue weighted by molar-refractivity contribution is 0.0643. The summed E-state index contributed by atoms with van der Waals surface area (Å²) in [4.78, 5) is 28.0. The lowest BCUT2D eigenvalue weighted by Crippen LogP contribution is -2.50. The average Bonchev–Trinajstić information content (AvgIpc) is 3.01. The topological polar surface area (TPSA) is 61.9 Å². The minimum Gasteiger partial charge on any atom is -0.453 e. The molecule has 1 aliphatic heterocycles. The van der Waals surface area contributed by atoms with Gasteiger partial charge < -0.3 is 15.0 Å². The fourth-order valence-electron chi connectivity index (χ4n) is 2.12. The minimum absolute atomic E-state index is 0.118. The van der Waals surface area contributed by atoms with Crippen molar-refractivity contribution in [1.29, 1.82) is 0 Å². The largest absolute Gasteiger partial charge is 0.453 e. The van der Waals surface area contributed by atoms with E-state index >= 15 is 0 Å². The van der Waals surface area contributed by atoms with E-state index in [4.69, 9.17) is 0 Å². The van der Waals surface area contributed by atoms with E-state index in [1.165, 1.54) is 18.4 Å². The number of nitrogens with zero attached hydrogens (tertiary/aromatic N) is 2. The zero-order valence-electron chi connectivity index (χ0n) is 11.5. The Hall–Kier alpha value is -1.60. The minimum atomic E-state index is -0.406. The van der Waals surface area contributed by atoms with Gasteiger partial charge >= 0.3 is 6.09 Å². The molecule has 1 aliphatic rings. The van der Waals surface area contributed by atoms with E-state index < -0.39 is 6.09 Å². The third-order valence-corrected chi connectivity index (χ3v) is 4.13. The monoisotopic (exact) mass is 297 g/mol. The second-order valence-corrected chi connectivity index (χ2v) is 5.48. The number of amides is 2. The van der Waals surface area contributed by atoms with Crippen LogP contribution < -0.4 is 5.32 Å². The van der Waals surface area contributed by atoms with E-state index in [-0.39, 0.29) is 5.91 Å². The molecule has 1 saturated heterocycles. The first-order valence-corrected chi connectivity index (χ1v) is 7.45. The third-order valence-electron chi connectivity index (χ3n) is 3.27. The van der Waals surface area contributed by atoms with Crippen molar-refractivity contribution in [3.05, 3.63) is 22.4 Å². The van der Waals surface area contributed by atoms with E-state index in [2.05, 4.69) is 15.0 Å². The van der Waals surface area contributed by atoms with Gasteiger partial charge in [0.2, 0.25) is 0 Å². The fraction of sp³-hybridized carbons (Fsp3) is 0.538. The maximum Gasteiger partial charge on any atom is 0.406 e. The molecule has 0 atom stereocenters. The lowest BCUT2D eigenvalue weighted by atomic mass is 10.3. The number of alkyl carbamates (subject to hydrolysis) is 1. The molecule has 1 fully saturated rings. The molecule has 20 heavy (non-hydrogen) atoms. The number of piperazine rings is 1. The fourth-order valence-corrected chi connectivity index (χ4v) is 2.81. The molecule has 2 amide bonds. The summed E-state index contributed by atoms with van der Waals surface area (Å²) < 4.78 is 4.51. The highest BCUT2D eigenvalue weighted by Gasteiger charge is 2.22. The van der Waals surface area contributed by atoms with Gasteiger partial charge in [-0.15, -0.1) is 11.3 Å².